The van der Waals surface area contributed by atoms with Gasteiger partial charge in [0.05, 0.1) is 15.6 Å². The van der Waals surface area contributed by atoms with Gasteiger partial charge in [0.25, 0.3) is 5.56 Å². The Morgan fingerprint density at radius 1 is 1.14 bits per heavy atom. The van der Waals surface area contributed by atoms with Crippen molar-refractivity contribution in [1.82, 2.24) is 9.97 Å². The number of thioether (sulfide) groups is 1. The van der Waals surface area contributed by atoms with E-state index in [1.807, 2.05) is 25.1 Å². The highest BCUT2D eigenvalue weighted by atomic mass is 35.5. The molecule has 1 amide bonds. The van der Waals surface area contributed by atoms with Gasteiger partial charge in [-0.3, -0.25) is 9.59 Å². The summed E-state index contributed by atoms with van der Waals surface area (Å²) < 4.78 is 0. The number of hydrogen-bond donors (Lipinski definition) is 2. The summed E-state index contributed by atoms with van der Waals surface area (Å²) in [6.45, 7) is 2.03. The molecule has 1 aliphatic rings. The molecule has 148 valence electrons. The van der Waals surface area contributed by atoms with Crippen molar-refractivity contribution in [2.24, 2.45) is 0 Å². The number of benzene rings is 2. The van der Waals surface area contributed by atoms with Crippen LogP contribution in [-0.4, -0.2) is 15.9 Å². The van der Waals surface area contributed by atoms with Crippen LogP contribution >= 0.6 is 35.0 Å². The molecule has 2 N–H and O–H groups in total. The normalized spacial score (nSPS) is 15.7. The SMILES string of the molecule is Cc1cccc(CSc2nc3c(c(=O)[nH]2)C(c2ccc(Cl)c(Cl)c2)CC(=O)N3)c1. The molecule has 5 nitrogen and oxygen atoms in total. The Labute approximate surface area is 181 Å². The van der Waals surface area contributed by atoms with Gasteiger partial charge in [-0.25, -0.2) is 4.98 Å². The summed E-state index contributed by atoms with van der Waals surface area (Å²) >= 11 is 13.6. The van der Waals surface area contributed by atoms with Crippen molar-refractivity contribution in [2.45, 2.75) is 30.2 Å². The van der Waals surface area contributed by atoms with Gasteiger partial charge in [0.1, 0.15) is 5.82 Å². The lowest BCUT2D eigenvalue weighted by atomic mass is 9.87. The van der Waals surface area contributed by atoms with E-state index < -0.39 is 5.92 Å². The summed E-state index contributed by atoms with van der Waals surface area (Å²) in [6, 6.07) is 13.3. The number of aromatic nitrogens is 2. The van der Waals surface area contributed by atoms with E-state index in [-0.39, 0.29) is 17.9 Å². The van der Waals surface area contributed by atoms with Crippen LogP contribution in [0.3, 0.4) is 0 Å². The van der Waals surface area contributed by atoms with Gasteiger partial charge >= 0.3 is 0 Å². The molecule has 0 saturated heterocycles. The third-order valence-electron chi connectivity index (χ3n) is 4.73. The third-order valence-corrected chi connectivity index (χ3v) is 6.42. The molecule has 1 aliphatic heterocycles. The minimum absolute atomic E-state index is 0.144. The number of rotatable bonds is 4. The molecule has 1 atom stereocenters. The van der Waals surface area contributed by atoms with Crippen LogP contribution in [0.1, 0.15) is 34.6 Å². The number of nitrogens with one attached hydrogen (secondary N) is 2. The summed E-state index contributed by atoms with van der Waals surface area (Å²) in [5, 5.41) is 4.00. The van der Waals surface area contributed by atoms with E-state index in [1.54, 1.807) is 18.2 Å². The first kappa shape index (κ1) is 20.0. The van der Waals surface area contributed by atoms with Crippen molar-refractivity contribution in [3.05, 3.63) is 85.1 Å². The number of carbonyl (C=O) groups is 1. The number of carbonyl (C=O) groups excluding carboxylic acids is 1. The zero-order valence-electron chi connectivity index (χ0n) is 15.5. The van der Waals surface area contributed by atoms with Crippen molar-refractivity contribution >= 4 is 46.7 Å². The molecule has 0 saturated carbocycles. The van der Waals surface area contributed by atoms with Gasteiger partial charge in [0, 0.05) is 18.1 Å². The lowest BCUT2D eigenvalue weighted by Gasteiger charge is -2.24. The number of hydrogen-bond acceptors (Lipinski definition) is 4. The summed E-state index contributed by atoms with van der Waals surface area (Å²) in [4.78, 5) is 32.5. The van der Waals surface area contributed by atoms with Gasteiger partial charge in [-0.15, -0.1) is 0 Å². The molecule has 0 aliphatic carbocycles. The van der Waals surface area contributed by atoms with Crippen molar-refractivity contribution in [1.29, 1.82) is 0 Å². The van der Waals surface area contributed by atoms with E-state index in [9.17, 15) is 9.59 Å². The van der Waals surface area contributed by atoms with Gasteiger partial charge < -0.3 is 10.3 Å². The van der Waals surface area contributed by atoms with Crippen molar-refractivity contribution in [3.8, 4) is 0 Å². The van der Waals surface area contributed by atoms with Crippen LogP contribution in [-0.2, 0) is 10.5 Å². The minimum Gasteiger partial charge on any atom is -0.310 e. The van der Waals surface area contributed by atoms with Gasteiger partial charge in [-0.2, -0.15) is 0 Å². The average Bonchev–Trinajstić information content (AvgIpc) is 2.67. The molecule has 2 heterocycles. The lowest BCUT2D eigenvalue weighted by Crippen LogP contribution is -2.31. The number of halogens is 2. The number of aryl methyl sites for hydroxylation is 1. The first-order valence-electron chi connectivity index (χ1n) is 8.98. The van der Waals surface area contributed by atoms with E-state index in [0.717, 1.165) is 11.1 Å². The molecule has 0 bridgehead atoms. The molecule has 29 heavy (non-hydrogen) atoms. The summed E-state index contributed by atoms with van der Waals surface area (Å²) in [5.41, 5.74) is 3.23. The van der Waals surface area contributed by atoms with Gasteiger partial charge in [-0.05, 0) is 30.2 Å². The predicted molar refractivity (Wildman–Crippen MR) is 117 cm³/mol. The fourth-order valence-corrected chi connectivity index (χ4v) is 4.50. The van der Waals surface area contributed by atoms with Crippen LogP contribution in [0.15, 0.2) is 52.4 Å². The van der Waals surface area contributed by atoms with Crippen molar-refractivity contribution < 1.29 is 4.79 Å². The van der Waals surface area contributed by atoms with Crippen LogP contribution in [0.2, 0.25) is 10.0 Å². The van der Waals surface area contributed by atoms with Crippen LogP contribution < -0.4 is 10.9 Å². The molecule has 4 rings (SSSR count). The first-order valence-corrected chi connectivity index (χ1v) is 10.7. The predicted octanol–water partition coefficient (Wildman–Crippen LogP) is 5.15. The van der Waals surface area contributed by atoms with E-state index >= 15 is 0 Å². The standard InChI is InChI=1S/C21H17Cl2N3O2S/c1-11-3-2-4-12(7-11)10-29-21-25-19-18(20(28)26-21)14(9-17(27)24-19)13-5-6-15(22)16(23)8-13/h2-8,14H,9-10H2,1H3,(H2,24,25,26,27,28). The Kier molecular flexibility index (Phi) is 5.67. The fourth-order valence-electron chi connectivity index (χ4n) is 3.39. The van der Waals surface area contributed by atoms with Crippen LogP contribution in [0.4, 0.5) is 5.82 Å². The molecule has 0 spiro atoms. The number of anilines is 1. The van der Waals surface area contributed by atoms with E-state index in [2.05, 4.69) is 21.4 Å². The van der Waals surface area contributed by atoms with E-state index in [1.165, 1.54) is 17.3 Å². The zero-order valence-corrected chi connectivity index (χ0v) is 17.8. The Bertz CT molecular complexity index is 1160. The monoisotopic (exact) mass is 445 g/mol. The lowest BCUT2D eigenvalue weighted by molar-refractivity contribution is -0.116. The maximum Gasteiger partial charge on any atom is 0.257 e. The maximum atomic E-state index is 12.9. The molecule has 1 unspecified atom stereocenters. The van der Waals surface area contributed by atoms with Gasteiger partial charge in [0.15, 0.2) is 5.16 Å². The molecule has 0 fully saturated rings. The Morgan fingerprint density at radius 3 is 2.72 bits per heavy atom. The number of fused-ring (bicyclic) bond motifs is 1. The summed E-state index contributed by atoms with van der Waals surface area (Å²) in [7, 11) is 0. The van der Waals surface area contributed by atoms with Gasteiger partial charge in [-0.1, -0.05) is 70.9 Å². The fraction of sp³-hybridized carbons (Fsp3) is 0.190. The Balaban J connectivity index is 1.66. The topological polar surface area (TPSA) is 74.8 Å². The second-order valence-corrected chi connectivity index (χ2v) is 8.67. The molecule has 0 radical (unpaired) electrons. The average molecular weight is 446 g/mol. The Hall–Kier alpha value is -2.28. The van der Waals surface area contributed by atoms with Crippen LogP contribution in [0.5, 0.6) is 0 Å². The largest absolute Gasteiger partial charge is 0.310 e. The van der Waals surface area contributed by atoms with E-state index in [4.69, 9.17) is 23.2 Å². The minimum atomic E-state index is -0.430. The Morgan fingerprint density at radius 2 is 1.97 bits per heavy atom. The second-order valence-electron chi connectivity index (χ2n) is 6.89. The first-order chi connectivity index (χ1) is 13.9. The molecular weight excluding hydrogens is 429 g/mol. The molecule has 3 aromatic rings. The molecule has 1 aromatic heterocycles. The highest BCUT2D eigenvalue weighted by Gasteiger charge is 2.31. The zero-order chi connectivity index (χ0) is 20.5. The quantitative estimate of drug-likeness (QED) is 0.429. The van der Waals surface area contributed by atoms with Crippen molar-refractivity contribution in [2.75, 3.05) is 5.32 Å². The van der Waals surface area contributed by atoms with Crippen LogP contribution in [0.25, 0.3) is 0 Å². The molecule has 8 heteroatoms. The maximum absolute atomic E-state index is 12.9. The summed E-state index contributed by atoms with van der Waals surface area (Å²) in [6.07, 6.45) is 0.144. The third kappa shape index (κ3) is 4.34. The molecular formula is C21H17Cl2N3O2S. The number of nitrogens with zero attached hydrogens (tertiary/aromatic N) is 1. The van der Waals surface area contributed by atoms with Crippen molar-refractivity contribution in [3.63, 3.8) is 0 Å². The number of H-pyrrole nitrogens is 1. The highest BCUT2D eigenvalue weighted by Crippen LogP contribution is 2.36. The smallest absolute Gasteiger partial charge is 0.257 e. The van der Waals surface area contributed by atoms with Crippen LogP contribution in [0, 0.1) is 6.92 Å². The second kappa shape index (κ2) is 8.22. The van der Waals surface area contributed by atoms with E-state index in [0.29, 0.717) is 32.3 Å². The number of aromatic amines is 1. The van der Waals surface area contributed by atoms with Gasteiger partial charge in [0.2, 0.25) is 5.91 Å². The number of amides is 1. The highest BCUT2D eigenvalue weighted by molar-refractivity contribution is 7.98. The summed E-state index contributed by atoms with van der Waals surface area (Å²) in [5.74, 6) is 0.336. The molecule has 2 aromatic carbocycles.